The van der Waals surface area contributed by atoms with Crippen LogP contribution in [-0.2, 0) is 0 Å². The van der Waals surface area contributed by atoms with Crippen molar-refractivity contribution in [3.63, 3.8) is 0 Å². The van der Waals surface area contributed by atoms with Crippen molar-refractivity contribution in [1.82, 2.24) is 9.97 Å². The summed E-state index contributed by atoms with van der Waals surface area (Å²) < 4.78 is 0.787. The Morgan fingerprint density at radius 1 is 1.45 bits per heavy atom. The molecule has 0 bridgehead atoms. The highest BCUT2D eigenvalue weighted by atomic mass is 79.9. The van der Waals surface area contributed by atoms with E-state index in [1.54, 1.807) is 0 Å². The highest BCUT2D eigenvalue weighted by molar-refractivity contribution is 9.10. The summed E-state index contributed by atoms with van der Waals surface area (Å²) in [6.45, 7) is 1.89. The summed E-state index contributed by atoms with van der Waals surface area (Å²) in [7, 11) is 0. The molecule has 0 amide bonds. The fourth-order valence-corrected chi connectivity index (χ4v) is 1.24. The maximum atomic E-state index is 5.59. The van der Waals surface area contributed by atoms with Crippen LogP contribution in [0.3, 0.4) is 0 Å². The molecule has 1 aromatic rings. The van der Waals surface area contributed by atoms with Crippen LogP contribution in [0, 0.1) is 6.92 Å². The summed E-state index contributed by atoms with van der Waals surface area (Å²) in [5, 5.41) is 0.711. The predicted octanol–water partition coefficient (Wildman–Crippen LogP) is 1.85. The minimum atomic E-state index is 0.502. The summed E-state index contributed by atoms with van der Waals surface area (Å²) in [6, 6.07) is 0. The first kappa shape index (κ1) is 8.80. The monoisotopic (exact) mass is 233 g/mol. The van der Waals surface area contributed by atoms with Crippen molar-refractivity contribution in [3.05, 3.63) is 10.2 Å². The Bertz CT molecular complexity index is 254. The van der Waals surface area contributed by atoms with Crippen molar-refractivity contribution in [2.24, 2.45) is 0 Å². The highest BCUT2D eigenvalue weighted by Gasteiger charge is 2.04. The quantitative estimate of drug-likeness (QED) is 0.595. The Morgan fingerprint density at radius 2 is 2.09 bits per heavy atom. The molecule has 11 heavy (non-hydrogen) atoms. The van der Waals surface area contributed by atoms with E-state index in [2.05, 4.69) is 25.9 Å². The van der Waals surface area contributed by atoms with Crippen LogP contribution in [-0.4, -0.2) is 16.2 Å². The van der Waals surface area contributed by atoms with Crippen molar-refractivity contribution >= 4 is 33.5 Å². The molecule has 0 aliphatic rings. The summed E-state index contributed by atoms with van der Waals surface area (Å²) in [6.07, 6.45) is 1.92. The maximum absolute atomic E-state index is 5.59. The fourth-order valence-electron chi connectivity index (χ4n) is 0.646. The van der Waals surface area contributed by atoms with Crippen LogP contribution in [0.1, 0.15) is 5.69 Å². The Morgan fingerprint density at radius 3 is 2.55 bits per heavy atom. The van der Waals surface area contributed by atoms with E-state index in [9.17, 15) is 0 Å². The van der Waals surface area contributed by atoms with Gasteiger partial charge >= 0.3 is 0 Å². The van der Waals surface area contributed by atoms with Crippen LogP contribution in [0.25, 0.3) is 0 Å². The lowest BCUT2D eigenvalue weighted by Gasteiger charge is -2.02. The van der Waals surface area contributed by atoms with E-state index in [0.717, 1.165) is 10.2 Å². The predicted molar refractivity (Wildman–Crippen MR) is 50.7 cm³/mol. The van der Waals surface area contributed by atoms with Crippen molar-refractivity contribution < 1.29 is 0 Å². The molecule has 0 unspecified atom stereocenters. The van der Waals surface area contributed by atoms with Gasteiger partial charge in [0.05, 0.1) is 10.2 Å². The van der Waals surface area contributed by atoms with E-state index >= 15 is 0 Å². The topological polar surface area (TPSA) is 51.8 Å². The van der Waals surface area contributed by atoms with Crippen LogP contribution in [0.2, 0.25) is 0 Å². The number of nitrogens with two attached hydrogens (primary N) is 1. The van der Waals surface area contributed by atoms with Gasteiger partial charge in [0.25, 0.3) is 0 Å². The Hall–Kier alpha value is -0.290. The number of nitrogens with zero attached hydrogens (tertiary/aromatic N) is 2. The molecule has 0 radical (unpaired) electrons. The van der Waals surface area contributed by atoms with Gasteiger partial charge in [0.15, 0.2) is 5.16 Å². The smallest absolute Gasteiger partial charge is 0.189 e. The molecule has 0 fully saturated rings. The van der Waals surface area contributed by atoms with Gasteiger partial charge in [-0.05, 0) is 29.1 Å². The third-order valence-electron chi connectivity index (χ3n) is 1.20. The van der Waals surface area contributed by atoms with Crippen molar-refractivity contribution in [1.29, 1.82) is 0 Å². The summed E-state index contributed by atoms with van der Waals surface area (Å²) >= 11 is 4.77. The molecule has 60 valence electrons. The number of hydrogen-bond donors (Lipinski definition) is 1. The number of hydrogen-bond acceptors (Lipinski definition) is 4. The van der Waals surface area contributed by atoms with Crippen LogP contribution in [0.15, 0.2) is 9.63 Å². The molecule has 1 aromatic heterocycles. The average molecular weight is 234 g/mol. The molecule has 1 heterocycles. The van der Waals surface area contributed by atoms with Gasteiger partial charge in [-0.1, -0.05) is 11.8 Å². The number of nitrogen functional groups attached to an aromatic ring is 1. The van der Waals surface area contributed by atoms with Gasteiger partial charge in [0.2, 0.25) is 0 Å². The van der Waals surface area contributed by atoms with Gasteiger partial charge in [0, 0.05) is 0 Å². The lowest BCUT2D eigenvalue weighted by molar-refractivity contribution is 0.933. The van der Waals surface area contributed by atoms with Gasteiger partial charge in [-0.25, -0.2) is 9.97 Å². The van der Waals surface area contributed by atoms with Gasteiger partial charge in [-0.3, -0.25) is 0 Å². The summed E-state index contributed by atoms with van der Waals surface area (Å²) in [4.78, 5) is 8.21. The van der Waals surface area contributed by atoms with Gasteiger partial charge < -0.3 is 5.73 Å². The standard InChI is InChI=1S/C6H8BrN3S/c1-3-4(7)5(8)10-6(9-3)11-2/h1-2H3,(H2,8,9,10). The van der Waals surface area contributed by atoms with E-state index < -0.39 is 0 Å². The SMILES string of the molecule is CSc1nc(C)c(Br)c(N)n1. The molecule has 0 aliphatic carbocycles. The molecule has 0 aliphatic heterocycles. The second kappa shape index (κ2) is 3.40. The Labute approximate surface area is 77.9 Å². The minimum Gasteiger partial charge on any atom is -0.383 e. The fraction of sp³-hybridized carbons (Fsp3) is 0.333. The summed E-state index contributed by atoms with van der Waals surface area (Å²) in [5.74, 6) is 0.502. The normalized spacial score (nSPS) is 10.1. The van der Waals surface area contributed by atoms with E-state index in [-0.39, 0.29) is 0 Å². The van der Waals surface area contributed by atoms with Crippen LogP contribution in [0.4, 0.5) is 5.82 Å². The molecule has 0 spiro atoms. The minimum absolute atomic E-state index is 0.502. The first-order valence-electron chi connectivity index (χ1n) is 2.98. The first-order chi connectivity index (χ1) is 5.15. The summed E-state index contributed by atoms with van der Waals surface area (Å²) in [5.41, 5.74) is 6.46. The van der Waals surface area contributed by atoms with Crippen molar-refractivity contribution in [2.45, 2.75) is 12.1 Å². The van der Waals surface area contributed by atoms with E-state index in [1.807, 2.05) is 13.2 Å². The van der Waals surface area contributed by atoms with Gasteiger partial charge in [-0.2, -0.15) is 0 Å². The molecule has 2 N–H and O–H groups in total. The van der Waals surface area contributed by atoms with Crippen molar-refractivity contribution in [2.75, 3.05) is 12.0 Å². The molecule has 1 rings (SSSR count). The Kier molecular flexibility index (Phi) is 2.72. The van der Waals surface area contributed by atoms with Gasteiger partial charge in [0.1, 0.15) is 5.82 Å². The molecule has 0 saturated heterocycles. The van der Waals surface area contributed by atoms with Crippen LogP contribution >= 0.6 is 27.7 Å². The number of thioether (sulfide) groups is 1. The van der Waals surface area contributed by atoms with Crippen molar-refractivity contribution in [3.8, 4) is 0 Å². The molecule has 0 saturated carbocycles. The second-order valence-corrected chi connectivity index (χ2v) is 3.56. The Balaban J connectivity index is 3.21. The number of aromatic nitrogens is 2. The largest absolute Gasteiger partial charge is 0.383 e. The second-order valence-electron chi connectivity index (χ2n) is 1.99. The average Bonchev–Trinajstić information content (AvgIpc) is 1.99. The first-order valence-corrected chi connectivity index (χ1v) is 5.00. The lowest BCUT2D eigenvalue weighted by atomic mass is 10.4. The number of aryl methyl sites for hydroxylation is 1. The number of anilines is 1. The van der Waals surface area contributed by atoms with Crippen LogP contribution < -0.4 is 5.73 Å². The molecular formula is C6H8BrN3S. The third-order valence-corrected chi connectivity index (χ3v) is 2.73. The zero-order valence-corrected chi connectivity index (χ0v) is 8.66. The lowest BCUT2D eigenvalue weighted by Crippen LogP contribution is -1.98. The van der Waals surface area contributed by atoms with E-state index in [1.165, 1.54) is 11.8 Å². The maximum Gasteiger partial charge on any atom is 0.189 e. The molecule has 0 atom stereocenters. The molecular weight excluding hydrogens is 226 g/mol. The third kappa shape index (κ3) is 1.84. The molecule has 3 nitrogen and oxygen atoms in total. The number of halogens is 1. The van der Waals surface area contributed by atoms with Crippen LogP contribution in [0.5, 0.6) is 0 Å². The van der Waals surface area contributed by atoms with Gasteiger partial charge in [-0.15, -0.1) is 0 Å². The van der Waals surface area contributed by atoms with E-state index in [4.69, 9.17) is 5.73 Å². The molecule has 0 aromatic carbocycles. The number of rotatable bonds is 1. The van der Waals surface area contributed by atoms with E-state index in [0.29, 0.717) is 11.0 Å². The zero-order valence-electron chi connectivity index (χ0n) is 6.26. The molecule has 5 heteroatoms. The zero-order chi connectivity index (χ0) is 8.43. The highest BCUT2D eigenvalue weighted by Crippen LogP contribution is 2.22.